The highest BCUT2D eigenvalue weighted by molar-refractivity contribution is 6.28. The van der Waals surface area contributed by atoms with Crippen molar-refractivity contribution in [2.24, 2.45) is 0 Å². The average Bonchev–Trinajstić information content (AvgIpc) is 2.75. The molecule has 0 bridgehead atoms. The van der Waals surface area contributed by atoms with Gasteiger partial charge in [0.05, 0.1) is 13.2 Å². The van der Waals surface area contributed by atoms with Gasteiger partial charge in [-0.05, 0) is 54.9 Å². The standard InChI is InChI=1S/C13H14ClNO2/c1-2-16-11-5-3-10(4-6-11)15-9-12-7-8-13(14)17-12/h3-8,15H,2,9H2,1H3. The van der Waals surface area contributed by atoms with Crippen LogP contribution in [0.25, 0.3) is 0 Å². The number of benzene rings is 1. The first-order valence-electron chi connectivity index (χ1n) is 5.49. The minimum Gasteiger partial charge on any atom is -0.494 e. The van der Waals surface area contributed by atoms with Crippen LogP contribution in [0.1, 0.15) is 12.7 Å². The number of furan rings is 1. The molecule has 1 heterocycles. The van der Waals surface area contributed by atoms with Crippen molar-refractivity contribution in [3.8, 4) is 5.75 Å². The van der Waals surface area contributed by atoms with E-state index in [1.807, 2.05) is 37.3 Å². The van der Waals surface area contributed by atoms with Crippen molar-refractivity contribution in [3.05, 3.63) is 47.4 Å². The first kappa shape index (κ1) is 11.9. The van der Waals surface area contributed by atoms with Gasteiger partial charge in [-0.2, -0.15) is 0 Å². The van der Waals surface area contributed by atoms with Gasteiger partial charge in [-0.1, -0.05) is 0 Å². The third-order valence-electron chi connectivity index (χ3n) is 2.26. The molecule has 0 saturated heterocycles. The zero-order valence-corrected chi connectivity index (χ0v) is 10.3. The van der Waals surface area contributed by atoms with E-state index in [2.05, 4.69) is 5.32 Å². The van der Waals surface area contributed by atoms with Crippen LogP contribution in [0.3, 0.4) is 0 Å². The Morgan fingerprint density at radius 2 is 1.94 bits per heavy atom. The van der Waals surface area contributed by atoms with Gasteiger partial charge in [0.2, 0.25) is 0 Å². The molecule has 0 aliphatic carbocycles. The quantitative estimate of drug-likeness (QED) is 0.874. The molecule has 0 aliphatic heterocycles. The summed E-state index contributed by atoms with van der Waals surface area (Å²) in [7, 11) is 0. The second-order valence-electron chi connectivity index (χ2n) is 3.52. The van der Waals surface area contributed by atoms with E-state index >= 15 is 0 Å². The van der Waals surface area contributed by atoms with Crippen molar-refractivity contribution in [1.29, 1.82) is 0 Å². The summed E-state index contributed by atoms with van der Waals surface area (Å²) in [5, 5.41) is 3.65. The highest BCUT2D eigenvalue weighted by Gasteiger charge is 1.99. The Balaban J connectivity index is 1.90. The Hall–Kier alpha value is -1.61. The fourth-order valence-electron chi connectivity index (χ4n) is 1.47. The van der Waals surface area contributed by atoms with Gasteiger partial charge in [0.15, 0.2) is 5.22 Å². The summed E-state index contributed by atoms with van der Waals surface area (Å²) in [4.78, 5) is 0. The number of hydrogen-bond acceptors (Lipinski definition) is 3. The van der Waals surface area contributed by atoms with Gasteiger partial charge in [-0.15, -0.1) is 0 Å². The summed E-state index contributed by atoms with van der Waals surface area (Å²) in [5.41, 5.74) is 1.01. The average molecular weight is 252 g/mol. The zero-order valence-electron chi connectivity index (χ0n) is 9.57. The second kappa shape index (κ2) is 5.64. The third-order valence-corrected chi connectivity index (χ3v) is 2.46. The summed E-state index contributed by atoms with van der Waals surface area (Å²) in [6.07, 6.45) is 0. The molecule has 0 saturated carbocycles. The minimum absolute atomic E-state index is 0.411. The lowest BCUT2D eigenvalue weighted by molar-refractivity contribution is 0.340. The van der Waals surface area contributed by atoms with E-state index < -0.39 is 0 Å². The summed E-state index contributed by atoms with van der Waals surface area (Å²) in [6.45, 7) is 3.26. The van der Waals surface area contributed by atoms with Gasteiger partial charge in [-0.3, -0.25) is 0 Å². The van der Waals surface area contributed by atoms with Crippen LogP contribution in [0, 0.1) is 0 Å². The van der Waals surface area contributed by atoms with E-state index in [4.69, 9.17) is 20.8 Å². The van der Waals surface area contributed by atoms with Crippen LogP contribution < -0.4 is 10.1 Å². The molecule has 0 unspecified atom stereocenters. The largest absolute Gasteiger partial charge is 0.494 e. The van der Waals surface area contributed by atoms with Crippen molar-refractivity contribution in [3.63, 3.8) is 0 Å². The number of rotatable bonds is 5. The van der Waals surface area contributed by atoms with Gasteiger partial charge in [0, 0.05) is 5.69 Å². The van der Waals surface area contributed by atoms with Crippen molar-refractivity contribution >= 4 is 17.3 Å². The molecule has 2 aromatic rings. The topological polar surface area (TPSA) is 34.4 Å². The van der Waals surface area contributed by atoms with Crippen molar-refractivity contribution in [2.75, 3.05) is 11.9 Å². The maximum Gasteiger partial charge on any atom is 0.193 e. The van der Waals surface area contributed by atoms with Crippen LogP contribution in [0.4, 0.5) is 5.69 Å². The van der Waals surface area contributed by atoms with Crippen LogP contribution in [-0.4, -0.2) is 6.61 Å². The van der Waals surface area contributed by atoms with E-state index in [0.717, 1.165) is 17.2 Å². The number of halogens is 1. The predicted octanol–water partition coefficient (Wildman–Crippen LogP) is 3.94. The number of hydrogen-bond donors (Lipinski definition) is 1. The summed E-state index contributed by atoms with van der Waals surface area (Å²) < 4.78 is 10.6. The fraction of sp³-hybridized carbons (Fsp3) is 0.231. The van der Waals surface area contributed by atoms with Crippen LogP contribution in [0.5, 0.6) is 5.75 Å². The molecular formula is C13H14ClNO2. The normalized spacial score (nSPS) is 10.2. The number of nitrogens with one attached hydrogen (secondary N) is 1. The Labute approximate surface area is 105 Å². The second-order valence-corrected chi connectivity index (χ2v) is 3.89. The Kier molecular flexibility index (Phi) is 3.94. The Bertz CT molecular complexity index is 465. The molecule has 0 radical (unpaired) electrons. The molecule has 0 fully saturated rings. The van der Waals surface area contributed by atoms with Crippen molar-refractivity contribution in [2.45, 2.75) is 13.5 Å². The molecule has 1 N–H and O–H groups in total. The molecule has 0 spiro atoms. The van der Waals surface area contributed by atoms with Crippen molar-refractivity contribution < 1.29 is 9.15 Å². The van der Waals surface area contributed by atoms with E-state index in [1.54, 1.807) is 6.07 Å². The maximum atomic E-state index is 5.69. The zero-order chi connectivity index (χ0) is 12.1. The smallest absolute Gasteiger partial charge is 0.193 e. The monoisotopic (exact) mass is 251 g/mol. The molecule has 0 amide bonds. The first-order chi connectivity index (χ1) is 8.28. The predicted molar refractivity (Wildman–Crippen MR) is 68.7 cm³/mol. The van der Waals surface area contributed by atoms with Gasteiger partial charge in [-0.25, -0.2) is 0 Å². The van der Waals surface area contributed by atoms with E-state index in [1.165, 1.54) is 0 Å². The molecule has 1 aromatic carbocycles. The Morgan fingerprint density at radius 3 is 2.53 bits per heavy atom. The van der Waals surface area contributed by atoms with E-state index in [-0.39, 0.29) is 0 Å². The maximum absolute atomic E-state index is 5.69. The van der Waals surface area contributed by atoms with Gasteiger partial charge < -0.3 is 14.5 Å². The van der Waals surface area contributed by atoms with Crippen LogP contribution in [0.15, 0.2) is 40.8 Å². The first-order valence-corrected chi connectivity index (χ1v) is 5.86. The van der Waals surface area contributed by atoms with Gasteiger partial charge >= 0.3 is 0 Å². The Morgan fingerprint density at radius 1 is 1.18 bits per heavy atom. The molecule has 0 aliphatic rings. The third kappa shape index (κ3) is 3.43. The molecule has 2 rings (SSSR count). The van der Waals surface area contributed by atoms with Crippen LogP contribution in [-0.2, 0) is 6.54 Å². The summed E-state index contributed by atoms with van der Waals surface area (Å²) >= 11 is 5.69. The molecule has 17 heavy (non-hydrogen) atoms. The van der Waals surface area contributed by atoms with Crippen LogP contribution >= 0.6 is 11.6 Å². The minimum atomic E-state index is 0.411. The lowest BCUT2D eigenvalue weighted by atomic mass is 10.3. The molecule has 4 heteroatoms. The summed E-state index contributed by atoms with van der Waals surface area (Å²) in [5.74, 6) is 1.68. The lowest BCUT2D eigenvalue weighted by Crippen LogP contribution is -1.98. The summed E-state index contributed by atoms with van der Waals surface area (Å²) in [6, 6.07) is 11.4. The number of ether oxygens (including phenoxy) is 1. The highest BCUT2D eigenvalue weighted by atomic mass is 35.5. The fourth-order valence-corrected chi connectivity index (χ4v) is 1.63. The van der Waals surface area contributed by atoms with E-state index in [9.17, 15) is 0 Å². The molecule has 3 nitrogen and oxygen atoms in total. The van der Waals surface area contributed by atoms with Crippen molar-refractivity contribution in [1.82, 2.24) is 0 Å². The molecule has 90 valence electrons. The van der Waals surface area contributed by atoms with Gasteiger partial charge in [0.25, 0.3) is 0 Å². The molecule has 1 aromatic heterocycles. The molecular weight excluding hydrogens is 238 g/mol. The highest BCUT2D eigenvalue weighted by Crippen LogP contribution is 2.18. The SMILES string of the molecule is CCOc1ccc(NCc2ccc(Cl)o2)cc1. The van der Waals surface area contributed by atoms with Gasteiger partial charge in [0.1, 0.15) is 11.5 Å². The lowest BCUT2D eigenvalue weighted by Gasteiger charge is -2.06. The van der Waals surface area contributed by atoms with E-state index in [0.29, 0.717) is 18.4 Å². The number of anilines is 1. The van der Waals surface area contributed by atoms with Crippen LogP contribution in [0.2, 0.25) is 5.22 Å². The molecule has 0 atom stereocenters.